The standard InChI is InChI=1S/C12H15F2NO2/c1-2-3-7-15-11(16)9-5-4-6-10(8-9)17-12(13)14/h4-6,8,12H,2-3,7H2,1H3,(H,15,16). The SMILES string of the molecule is CCCCNC(=O)c1cccc(OC(F)F)c1. The molecule has 0 aromatic heterocycles. The van der Waals surface area contributed by atoms with E-state index < -0.39 is 6.61 Å². The van der Waals surface area contributed by atoms with Crippen molar-refractivity contribution < 1.29 is 18.3 Å². The van der Waals surface area contributed by atoms with Gasteiger partial charge in [0.05, 0.1) is 0 Å². The Morgan fingerprint density at radius 1 is 1.47 bits per heavy atom. The number of amides is 1. The van der Waals surface area contributed by atoms with E-state index in [1.165, 1.54) is 18.2 Å². The molecule has 0 heterocycles. The molecule has 0 atom stereocenters. The first-order valence-corrected chi connectivity index (χ1v) is 5.46. The molecule has 1 rings (SSSR count). The van der Waals surface area contributed by atoms with Crippen LogP contribution in [0, 0.1) is 0 Å². The Hall–Kier alpha value is -1.65. The minimum absolute atomic E-state index is 0.0110. The number of carbonyl (C=O) groups excluding carboxylic acids is 1. The van der Waals surface area contributed by atoms with Crippen LogP contribution in [-0.2, 0) is 0 Å². The maximum absolute atomic E-state index is 12.0. The molecule has 0 saturated carbocycles. The molecule has 0 spiro atoms. The van der Waals surface area contributed by atoms with Crippen molar-refractivity contribution in [3.8, 4) is 5.75 Å². The highest BCUT2D eigenvalue weighted by molar-refractivity contribution is 5.94. The Labute approximate surface area is 98.8 Å². The van der Waals surface area contributed by atoms with Gasteiger partial charge >= 0.3 is 6.61 Å². The number of hydrogen-bond acceptors (Lipinski definition) is 2. The second kappa shape index (κ2) is 6.83. The Bertz CT molecular complexity index is 369. The van der Waals surface area contributed by atoms with Crippen LogP contribution in [0.1, 0.15) is 30.1 Å². The number of alkyl halides is 2. The predicted octanol–water partition coefficient (Wildman–Crippen LogP) is 2.82. The van der Waals surface area contributed by atoms with Crippen molar-refractivity contribution in [3.63, 3.8) is 0 Å². The molecule has 1 amide bonds. The fourth-order valence-electron chi connectivity index (χ4n) is 1.29. The quantitative estimate of drug-likeness (QED) is 0.780. The first kappa shape index (κ1) is 13.4. The monoisotopic (exact) mass is 243 g/mol. The van der Waals surface area contributed by atoms with Crippen LogP contribution in [0.3, 0.4) is 0 Å². The third-order valence-corrected chi connectivity index (χ3v) is 2.14. The summed E-state index contributed by atoms with van der Waals surface area (Å²) in [7, 11) is 0. The Morgan fingerprint density at radius 3 is 2.88 bits per heavy atom. The fourth-order valence-corrected chi connectivity index (χ4v) is 1.29. The second-order valence-electron chi connectivity index (χ2n) is 3.52. The molecule has 94 valence electrons. The van der Waals surface area contributed by atoms with Crippen LogP contribution in [0.15, 0.2) is 24.3 Å². The van der Waals surface area contributed by atoms with Gasteiger partial charge in [0.15, 0.2) is 0 Å². The smallest absolute Gasteiger partial charge is 0.387 e. The van der Waals surface area contributed by atoms with Crippen molar-refractivity contribution >= 4 is 5.91 Å². The minimum atomic E-state index is -2.88. The van der Waals surface area contributed by atoms with Gasteiger partial charge in [0, 0.05) is 12.1 Å². The molecule has 1 aromatic rings. The van der Waals surface area contributed by atoms with Crippen LogP contribution in [0.2, 0.25) is 0 Å². The maximum Gasteiger partial charge on any atom is 0.387 e. The lowest BCUT2D eigenvalue weighted by Crippen LogP contribution is -2.24. The van der Waals surface area contributed by atoms with E-state index >= 15 is 0 Å². The van der Waals surface area contributed by atoms with Gasteiger partial charge in [-0.1, -0.05) is 19.4 Å². The molecule has 0 radical (unpaired) electrons. The molecule has 0 fully saturated rings. The van der Waals surface area contributed by atoms with Crippen LogP contribution in [-0.4, -0.2) is 19.1 Å². The van der Waals surface area contributed by atoms with E-state index in [4.69, 9.17) is 0 Å². The molecule has 0 saturated heterocycles. The average molecular weight is 243 g/mol. The van der Waals surface area contributed by atoms with E-state index in [0.29, 0.717) is 12.1 Å². The molecule has 0 bridgehead atoms. The lowest BCUT2D eigenvalue weighted by Gasteiger charge is -2.07. The summed E-state index contributed by atoms with van der Waals surface area (Å²) in [6, 6.07) is 5.74. The van der Waals surface area contributed by atoms with E-state index in [0.717, 1.165) is 12.8 Å². The summed E-state index contributed by atoms with van der Waals surface area (Å²) in [5.74, 6) is -0.290. The summed E-state index contributed by atoms with van der Waals surface area (Å²) in [6.45, 7) is -0.285. The van der Waals surface area contributed by atoms with Gasteiger partial charge in [-0.05, 0) is 24.6 Å². The van der Waals surface area contributed by atoms with E-state index in [2.05, 4.69) is 10.1 Å². The number of rotatable bonds is 6. The van der Waals surface area contributed by atoms with E-state index in [9.17, 15) is 13.6 Å². The summed E-state index contributed by atoms with van der Waals surface area (Å²) < 4.78 is 28.2. The van der Waals surface area contributed by atoms with Gasteiger partial charge in [-0.25, -0.2) is 0 Å². The molecule has 0 aliphatic carbocycles. The highest BCUT2D eigenvalue weighted by Gasteiger charge is 2.08. The number of benzene rings is 1. The summed E-state index contributed by atoms with van der Waals surface area (Å²) in [5, 5.41) is 2.70. The average Bonchev–Trinajstić information content (AvgIpc) is 2.28. The summed E-state index contributed by atoms with van der Waals surface area (Å²) in [6.07, 6.45) is 1.87. The molecule has 1 aromatic carbocycles. The van der Waals surface area contributed by atoms with E-state index in [1.807, 2.05) is 6.92 Å². The van der Waals surface area contributed by atoms with Crippen LogP contribution in [0.5, 0.6) is 5.75 Å². The van der Waals surface area contributed by atoms with Crippen LogP contribution >= 0.6 is 0 Å². The van der Waals surface area contributed by atoms with E-state index in [-0.39, 0.29) is 11.7 Å². The molecular weight excluding hydrogens is 228 g/mol. The topological polar surface area (TPSA) is 38.3 Å². The normalized spacial score (nSPS) is 10.4. The minimum Gasteiger partial charge on any atom is -0.435 e. The molecule has 17 heavy (non-hydrogen) atoms. The Kier molecular flexibility index (Phi) is 5.39. The number of unbranched alkanes of at least 4 members (excludes halogenated alkanes) is 1. The second-order valence-corrected chi connectivity index (χ2v) is 3.52. The Morgan fingerprint density at radius 2 is 2.24 bits per heavy atom. The summed E-state index contributed by atoms with van der Waals surface area (Å²) in [5.41, 5.74) is 0.319. The van der Waals surface area contributed by atoms with Gasteiger partial charge in [-0.3, -0.25) is 4.79 Å². The zero-order chi connectivity index (χ0) is 12.7. The predicted molar refractivity (Wildman–Crippen MR) is 60.3 cm³/mol. The molecule has 0 aliphatic rings. The van der Waals surface area contributed by atoms with Crippen LogP contribution in [0.4, 0.5) is 8.78 Å². The van der Waals surface area contributed by atoms with Crippen LogP contribution < -0.4 is 10.1 Å². The first-order chi connectivity index (χ1) is 8.13. The van der Waals surface area contributed by atoms with Crippen molar-refractivity contribution in [3.05, 3.63) is 29.8 Å². The number of halogens is 2. The highest BCUT2D eigenvalue weighted by Crippen LogP contribution is 2.15. The van der Waals surface area contributed by atoms with E-state index in [1.54, 1.807) is 6.07 Å². The van der Waals surface area contributed by atoms with Gasteiger partial charge in [-0.2, -0.15) is 8.78 Å². The van der Waals surface area contributed by atoms with Crippen molar-refractivity contribution in [1.82, 2.24) is 5.32 Å². The molecule has 0 aliphatic heterocycles. The number of ether oxygens (including phenoxy) is 1. The molecular formula is C12H15F2NO2. The van der Waals surface area contributed by atoms with Crippen molar-refractivity contribution in [2.75, 3.05) is 6.54 Å². The van der Waals surface area contributed by atoms with Crippen molar-refractivity contribution in [2.45, 2.75) is 26.4 Å². The maximum atomic E-state index is 12.0. The molecule has 0 unspecified atom stereocenters. The van der Waals surface area contributed by atoms with Gasteiger partial charge in [0.1, 0.15) is 5.75 Å². The van der Waals surface area contributed by atoms with Gasteiger partial charge in [0.25, 0.3) is 5.91 Å². The highest BCUT2D eigenvalue weighted by atomic mass is 19.3. The third-order valence-electron chi connectivity index (χ3n) is 2.14. The van der Waals surface area contributed by atoms with Crippen molar-refractivity contribution in [2.24, 2.45) is 0 Å². The number of hydrogen-bond donors (Lipinski definition) is 1. The van der Waals surface area contributed by atoms with Gasteiger partial charge in [0.2, 0.25) is 0 Å². The lowest BCUT2D eigenvalue weighted by atomic mass is 10.2. The van der Waals surface area contributed by atoms with Crippen LogP contribution in [0.25, 0.3) is 0 Å². The Balaban J connectivity index is 2.60. The summed E-state index contributed by atoms with van der Waals surface area (Å²) >= 11 is 0. The fraction of sp³-hybridized carbons (Fsp3) is 0.417. The van der Waals surface area contributed by atoms with Gasteiger partial charge in [-0.15, -0.1) is 0 Å². The summed E-state index contributed by atoms with van der Waals surface area (Å²) in [4.78, 5) is 11.6. The zero-order valence-electron chi connectivity index (χ0n) is 9.58. The van der Waals surface area contributed by atoms with Gasteiger partial charge < -0.3 is 10.1 Å². The third kappa shape index (κ3) is 4.80. The molecule has 5 heteroatoms. The van der Waals surface area contributed by atoms with Crippen molar-refractivity contribution in [1.29, 1.82) is 0 Å². The molecule has 3 nitrogen and oxygen atoms in total. The number of carbonyl (C=O) groups is 1. The zero-order valence-corrected chi connectivity index (χ0v) is 9.58. The largest absolute Gasteiger partial charge is 0.435 e. The molecule has 1 N–H and O–H groups in total. The lowest BCUT2D eigenvalue weighted by molar-refractivity contribution is -0.0498. The number of nitrogens with one attached hydrogen (secondary N) is 1. The first-order valence-electron chi connectivity index (χ1n) is 5.46.